The van der Waals surface area contributed by atoms with Crippen LogP contribution in [0.1, 0.15) is 25.5 Å². The maximum atomic E-state index is 13.5. The van der Waals surface area contributed by atoms with E-state index < -0.39 is 11.6 Å². The first-order valence-corrected chi connectivity index (χ1v) is 4.95. The van der Waals surface area contributed by atoms with Gasteiger partial charge >= 0.3 is 0 Å². The van der Waals surface area contributed by atoms with Gasteiger partial charge in [-0.2, -0.15) is 0 Å². The first kappa shape index (κ1) is 10.4. The fraction of sp³-hybridized carbons (Fsp3) is 0.455. The van der Waals surface area contributed by atoms with E-state index in [1.54, 1.807) is 0 Å². The van der Waals surface area contributed by atoms with Gasteiger partial charge < -0.3 is 10.1 Å². The van der Waals surface area contributed by atoms with Crippen molar-refractivity contribution >= 4 is 0 Å². The summed E-state index contributed by atoms with van der Waals surface area (Å²) in [5.74, 6) is -0.831. The topological polar surface area (TPSA) is 21.3 Å². The Kier molecular flexibility index (Phi) is 2.61. The molecule has 0 amide bonds. The summed E-state index contributed by atoms with van der Waals surface area (Å²) in [5.41, 5.74) is 0.435. The van der Waals surface area contributed by atoms with Crippen molar-refractivity contribution in [3.63, 3.8) is 0 Å². The standard InChI is InChI=1S/C11H13F2NO/c1-6(2)14-9-5-15-10-4-7(12)3-8(13)11(9)10/h3-4,6,9,14H,5H2,1-2H3. The van der Waals surface area contributed by atoms with E-state index in [0.717, 1.165) is 6.07 Å². The summed E-state index contributed by atoms with van der Waals surface area (Å²) in [4.78, 5) is 0. The third-order valence-electron chi connectivity index (χ3n) is 2.34. The summed E-state index contributed by atoms with van der Waals surface area (Å²) in [6.07, 6.45) is 0. The highest BCUT2D eigenvalue weighted by Gasteiger charge is 2.28. The van der Waals surface area contributed by atoms with E-state index in [1.807, 2.05) is 13.8 Å². The van der Waals surface area contributed by atoms with Crippen molar-refractivity contribution in [3.8, 4) is 5.75 Å². The molecule has 0 bridgehead atoms. The number of benzene rings is 1. The van der Waals surface area contributed by atoms with E-state index in [9.17, 15) is 8.78 Å². The second kappa shape index (κ2) is 3.77. The third-order valence-corrected chi connectivity index (χ3v) is 2.34. The van der Waals surface area contributed by atoms with Crippen molar-refractivity contribution in [2.45, 2.75) is 25.9 Å². The van der Waals surface area contributed by atoms with Gasteiger partial charge in [0.05, 0.1) is 11.6 Å². The average Bonchev–Trinajstić information content (AvgIpc) is 2.46. The molecule has 1 aliphatic rings. The summed E-state index contributed by atoms with van der Waals surface area (Å²) in [6.45, 7) is 4.30. The number of ether oxygens (including phenoxy) is 1. The summed E-state index contributed by atoms with van der Waals surface area (Å²) in [6, 6.07) is 2.16. The van der Waals surface area contributed by atoms with Gasteiger partial charge in [-0.3, -0.25) is 0 Å². The number of nitrogens with one attached hydrogen (secondary N) is 1. The van der Waals surface area contributed by atoms with Gasteiger partial charge in [-0.25, -0.2) is 8.78 Å². The smallest absolute Gasteiger partial charge is 0.134 e. The van der Waals surface area contributed by atoms with E-state index in [4.69, 9.17) is 4.74 Å². The van der Waals surface area contributed by atoms with Gasteiger partial charge in [0.15, 0.2) is 0 Å². The Morgan fingerprint density at radius 1 is 1.40 bits per heavy atom. The van der Waals surface area contributed by atoms with Gasteiger partial charge in [-0.1, -0.05) is 13.8 Å². The van der Waals surface area contributed by atoms with Crippen molar-refractivity contribution in [3.05, 3.63) is 29.3 Å². The van der Waals surface area contributed by atoms with Crippen LogP contribution in [-0.2, 0) is 0 Å². The molecule has 1 aromatic carbocycles. The molecule has 0 spiro atoms. The summed E-state index contributed by atoms with van der Waals surface area (Å²) in [5, 5.41) is 3.17. The summed E-state index contributed by atoms with van der Waals surface area (Å²) < 4.78 is 31.6. The second-order valence-corrected chi connectivity index (χ2v) is 3.98. The zero-order valence-corrected chi connectivity index (χ0v) is 8.68. The molecule has 1 unspecified atom stereocenters. The van der Waals surface area contributed by atoms with E-state index in [0.29, 0.717) is 17.9 Å². The normalized spacial score (nSPS) is 19.1. The maximum Gasteiger partial charge on any atom is 0.134 e. The van der Waals surface area contributed by atoms with Crippen LogP contribution in [0.2, 0.25) is 0 Å². The quantitative estimate of drug-likeness (QED) is 0.814. The lowest BCUT2D eigenvalue weighted by atomic mass is 10.1. The average molecular weight is 213 g/mol. The highest BCUT2D eigenvalue weighted by atomic mass is 19.1. The molecule has 0 radical (unpaired) electrons. The first-order valence-electron chi connectivity index (χ1n) is 4.95. The largest absolute Gasteiger partial charge is 0.491 e. The van der Waals surface area contributed by atoms with Crippen LogP contribution in [0.15, 0.2) is 12.1 Å². The first-order chi connectivity index (χ1) is 7.08. The van der Waals surface area contributed by atoms with Crippen molar-refractivity contribution in [1.82, 2.24) is 5.32 Å². The van der Waals surface area contributed by atoms with Gasteiger partial charge in [-0.15, -0.1) is 0 Å². The minimum Gasteiger partial charge on any atom is -0.491 e. The van der Waals surface area contributed by atoms with Crippen LogP contribution >= 0.6 is 0 Å². The van der Waals surface area contributed by atoms with Crippen molar-refractivity contribution in [2.24, 2.45) is 0 Å². The Hall–Kier alpha value is -1.16. The lowest BCUT2D eigenvalue weighted by molar-refractivity contribution is 0.302. The van der Waals surface area contributed by atoms with Gasteiger partial charge in [0, 0.05) is 18.2 Å². The van der Waals surface area contributed by atoms with Crippen molar-refractivity contribution < 1.29 is 13.5 Å². The predicted molar refractivity (Wildman–Crippen MR) is 52.9 cm³/mol. The van der Waals surface area contributed by atoms with Crippen LogP contribution < -0.4 is 10.1 Å². The molecular weight excluding hydrogens is 200 g/mol. The van der Waals surface area contributed by atoms with Gasteiger partial charge in [-0.05, 0) is 0 Å². The molecule has 2 nitrogen and oxygen atoms in total. The molecular formula is C11H13F2NO. The minimum atomic E-state index is -0.601. The monoisotopic (exact) mass is 213 g/mol. The lowest BCUT2D eigenvalue weighted by Gasteiger charge is -2.14. The molecule has 0 aliphatic carbocycles. The van der Waals surface area contributed by atoms with E-state index in [2.05, 4.69) is 5.32 Å². The molecule has 1 N–H and O–H groups in total. The third kappa shape index (κ3) is 1.95. The number of hydrogen-bond donors (Lipinski definition) is 1. The Bertz CT molecular complexity index is 379. The molecule has 0 saturated carbocycles. The molecule has 2 rings (SSSR count). The summed E-state index contributed by atoms with van der Waals surface area (Å²) >= 11 is 0. The van der Waals surface area contributed by atoms with Crippen LogP contribution in [0, 0.1) is 11.6 Å². The maximum absolute atomic E-state index is 13.5. The summed E-state index contributed by atoms with van der Waals surface area (Å²) in [7, 11) is 0. The zero-order valence-electron chi connectivity index (χ0n) is 8.68. The fourth-order valence-corrected chi connectivity index (χ4v) is 1.81. The predicted octanol–water partition coefficient (Wildman–Crippen LogP) is 2.40. The Labute approximate surface area is 87.2 Å². The number of fused-ring (bicyclic) bond motifs is 1. The molecule has 1 heterocycles. The van der Waals surface area contributed by atoms with E-state index in [-0.39, 0.29) is 12.1 Å². The number of halogens is 2. The molecule has 1 aliphatic heterocycles. The molecule has 0 saturated heterocycles. The van der Waals surface area contributed by atoms with Crippen LogP contribution in [0.5, 0.6) is 5.75 Å². The zero-order chi connectivity index (χ0) is 11.0. The minimum absolute atomic E-state index is 0.180. The van der Waals surface area contributed by atoms with Crippen LogP contribution in [0.3, 0.4) is 0 Å². The fourth-order valence-electron chi connectivity index (χ4n) is 1.81. The Morgan fingerprint density at radius 2 is 2.13 bits per heavy atom. The van der Waals surface area contributed by atoms with Crippen molar-refractivity contribution in [2.75, 3.05) is 6.61 Å². The van der Waals surface area contributed by atoms with Gasteiger partial charge in [0.1, 0.15) is 24.0 Å². The molecule has 0 aromatic heterocycles. The number of rotatable bonds is 2. The molecule has 1 atom stereocenters. The molecule has 4 heteroatoms. The van der Waals surface area contributed by atoms with Crippen LogP contribution in [-0.4, -0.2) is 12.6 Å². The highest BCUT2D eigenvalue weighted by Crippen LogP contribution is 2.35. The molecule has 82 valence electrons. The van der Waals surface area contributed by atoms with Crippen molar-refractivity contribution in [1.29, 1.82) is 0 Å². The number of hydrogen-bond acceptors (Lipinski definition) is 2. The van der Waals surface area contributed by atoms with E-state index in [1.165, 1.54) is 6.07 Å². The molecule has 1 aromatic rings. The second-order valence-electron chi connectivity index (χ2n) is 3.98. The van der Waals surface area contributed by atoms with Gasteiger partial charge in [0.2, 0.25) is 0 Å². The Balaban J connectivity index is 2.33. The van der Waals surface area contributed by atoms with Crippen LogP contribution in [0.25, 0.3) is 0 Å². The molecule has 15 heavy (non-hydrogen) atoms. The Morgan fingerprint density at radius 3 is 2.80 bits per heavy atom. The lowest BCUT2D eigenvalue weighted by Crippen LogP contribution is -2.29. The van der Waals surface area contributed by atoms with Gasteiger partial charge in [0.25, 0.3) is 0 Å². The van der Waals surface area contributed by atoms with Crippen LogP contribution in [0.4, 0.5) is 8.78 Å². The van der Waals surface area contributed by atoms with E-state index >= 15 is 0 Å². The molecule has 0 fully saturated rings. The SMILES string of the molecule is CC(C)NC1COc2cc(F)cc(F)c21. The highest BCUT2D eigenvalue weighted by molar-refractivity contribution is 5.41.